The SMILES string of the molecule is C[Si](C)(C)c1cccc(C2=CC3CCC(C2)N3Cc2ccccc2)c1. The molecule has 0 amide bonds. The van der Waals surface area contributed by atoms with Crippen LogP contribution in [-0.4, -0.2) is 25.1 Å². The molecule has 0 aromatic heterocycles. The zero-order chi connectivity index (χ0) is 17.4. The summed E-state index contributed by atoms with van der Waals surface area (Å²) < 4.78 is 0. The van der Waals surface area contributed by atoms with Gasteiger partial charge in [-0.1, -0.05) is 85.5 Å². The quantitative estimate of drug-likeness (QED) is 0.699. The maximum absolute atomic E-state index is 2.72. The summed E-state index contributed by atoms with van der Waals surface area (Å²) in [5, 5.41) is 1.57. The Labute approximate surface area is 153 Å². The molecule has 1 nitrogen and oxygen atoms in total. The van der Waals surface area contributed by atoms with Crippen LogP contribution in [0.25, 0.3) is 5.57 Å². The molecule has 2 heterocycles. The van der Waals surface area contributed by atoms with Crippen LogP contribution in [0.5, 0.6) is 0 Å². The summed E-state index contributed by atoms with van der Waals surface area (Å²) in [5.41, 5.74) is 4.49. The summed E-state index contributed by atoms with van der Waals surface area (Å²) in [7, 11) is -1.25. The molecule has 0 saturated carbocycles. The van der Waals surface area contributed by atoms with E-state index in [0.29, 0.717) is 12.1 Å². The normalized spacial score (nSPS) is 23.6. The first-order valence-corrected chi connectivity index (χ1v) is 13.1. The Morgan fingerprint density at radius 1 is 0.960 bits per heavy atom. The highest BCUT2D eigenvalue weighted by Gasteiger charge is 2.36. The van der Waals surface area contributed by atoms with Gasteiger partial charge in [0, 0.05) is 18.6 Å². The van der Waals surface area contributed by atoms with Crippen LogP contribution in [-0.2, 0) is 6.54 Å². The topological polar surface area (TPSA) is 3.24 Å². The van der Waals surface area contributed by atoms with Crippen molar-refractivity contribution in [3.63, 3.8) is 0 Å². The molecule has 130 valence electrons. The second-order valence-electron chi connectivity index (χ2n) is 8.68. The number of rotatable bonds is 4. The lowest BCUT2D eigenvalue weighted by molar-refractivity contribution is 0.203. The van der Waals surface area contributed by atoms with Crippen LogP contribution >= 0.6 is 0 Å². The van der Waals surface area contributed by atoms with E-state index in [-0.39, 0.29) is 0 Å². The van der Waals surface area contributed by atoms with Crippen LogP contribution < -0.4 is 5.19 Å². The van der Waals surface area contributed by atoms with Gasteiger partial charge in [-0.15, -0.1) is 0 Å². The van der Waals surface area contributed by atoms with E-state index < -0.39 is 8.07 Å². The smallest absolute Gasteiger partial charge is 0.0776 e. The van der Waals surface area contributed by atoms with Gasteiger partial charge in [0.05, 0.1) is 8.07 Å². The van der Waals surface area contributed by atoms with Gasteiger partial charge in [-0.05, 0) is 36.0 Å². The van der Waals surface area contributed by atoms with E-state index >= 15 is 0 Å². The van der Waals surface area contributed by atoms with Crippen molar-refractivity contribution in [2.45, 2.75) is 57.5 Å². The van der Waals surface area contributed by atoms with Crippen molar-refractivity contribution in [1.29, 1.82) is 0 Å². The van der Waals surface area contributed by atoms with Crippen LogP contribution in [0.2, 0.25) is 19.6 Å². The van der Waals surface area contributed by atoms with E-state index in [9.17, 15) is 0 Å². The third kappa shape index (κ3) is 3.51. The Hall–Kier alpha value is -1.64. The Morgan fingerprint density at radius 3 is 2.48 bits per heavy atom. The molecule has 2 atom stereocenters. The molecule has 25 heavy (non-hydrogen) atoms. The average molecular weight is 348 g/mol. The molecule has 1 fully saturated rings. The van der Waals surface area contributed by atoms with Crippen molar-refractivity contribution in [2.75, 3.05) is 0 Å². The molecule has 4 rings (SSSR count). The Bertz CT molecular complexity index is 772. The van der Waals surface area contributed by atoms with E-state index in [0.717, 1.165) is 6.54 Å². The second-order valence-corrected chi connectivity index (χ2v) is 13.8. The van der Waals surface area contributed by atoms with E-state index in [2.05, 4.69) is 85.2 Å². The van der Waals surface area contributed by atoms with Crippen molar-refractivity contribution in [1.82, 2.24) is 4.90 Å². The zero-order valence-electron chi connectivity index (χ0n) is 15.7. The second kappa shape index (κ2) is 6.58. The maximum atomic E-state index is 2.72. The largest absolute Gasteiger partial charge is 0.289 e. The molecule has 2 unspecified atom stereocenters. The van der Waals surface area contributed by atoms with Crippen LogP contribution in [0.1, 0.15) is 30.4 Å². The summed E-state index contributed by atoms with van der Waals surface area (Å²) in [6.45, 7) is 8.40. The maximum Gasteiger partial charge on any atom is 0.0776 e. The predicted octanol–water partition coefficient (Wildman–Crippen LogP) is 5.05. The van der Waals surface area contributed by atoms with E-state index in [4.69, 9.17) is 0 Å². The van der Waals surface area contributed by atoms with Gasteiger partial charge in [0.1, 0.15) is 0 Å². The van der Waals surface area contributed by atoms with Crippen molar-refractivity contribution >= 4 is 18.8 Å². The van der Waals surface area contributed by atoms with Crippen LogP contribution in [0.15, 0.2) is 60.7 Å². The van der Waals surface area contributed by atoms with Crippen LogP contribution in [0.4, 0.5) is 0 Å². The molecule has 2 aliphatic heterocycles. The van der Waals surface area contributed by atoms with Gasteiger partial charge in [-0.25, -0.2) is 0 Å². The number of nitrogens with zero attached hydrogens (tertiary/aromatic N) is 1. The summed E-state index contributed by atoms with van der Waals surface area (Å²) in [4.78, 5) is 2.72. The zero-order valence-corrected chi connectivity index (χ0v) is 16.7. The minimum atomic E-state index is -1.25. The fraction of sp³-hybridized carbons (Fsp3) is 0.391. The predicted molar refractivity (Wildman–Crippen MR) is 111 cm³/mol. The Morgan fingerprint density at radius 2 is 1.76 bits per heavy atom. The third-order valence-corrected chi connectivity index (χ3v) is 7.89. The molecule has 2 aromatic rings. The highest BCUT2D eigenvalue weighted by Crippen LogP contribution is 2.39. The average Bonchev–Trinajstić information content (AvgIpc) is 2.83. The van der Waals surface area contributed by atoms with Gasteiger partial charge in [0.15, 0.2) is 0 Å². The summed E-state index contributed by atoms with van der Waals surface area (Å²) in [5.74, 6) is 0. The van der Waals surface area contributed by atoms with Crippen molar-refractivity contribution in [3.05, 3.63) is 71.8 Å². The van der Waals surface area contributed by atoms with Gasteiger partial charge in [-0.3, -0.25) is 4.90 Å². The number of hydrogen-bond donors (Lipinski definition) is 0. The van der Waals surface area contributed by atoms with Crippen molar-refractivity contribution < 1.29 is 0 Å². The third-order valence-electron chi connectivity index (χ3n) is 5.85. The molecular formula is C23H29NSi. The Kier molecular flexibility index (Phi) is 4.43. The van der Waals surface area contributed by atoms with E-state index in [1.54, 1.807) is 10.8 Å². The molecule has 2 aromatic carbocycles. The molecule has 0 aliphatic carbocycles. The lowest BCUT2D eigenvalue weighted by Gasteiger charge is -2.34. The molecular weight excluding hydrogens is 318 g/mol. The molecule has 2 bridgehead atoms. The van der Waals surface area contributed by atoms with Crippen molar-refractivity contribution in [2.24, 2.45) is 0 Å². The fourth-order valence-electron chi connectivity index (χ4n) is 4.36. The van der Waals surface area contributed by atoms with Crippen LogP contribution in [0, 0.1) is 0 Å². The lowest BCUT2D eigenvalue weighted by atomic mass is 9.94. The summed E-state index contributed by atoms with van der Waals surface area (Å²) in [6.07, 6.45) is 6.42. The standard InChI is InChI=1S/C23H29NSi/c1-25(2,3)23-11-7-10-19(16-23)20-14-21-12-13-22(15-20)24(21)17-18-8-5-4-6-9-18/h4-11,14,16,21-22H,12-13,15,17H2,1-3H3. The van der Waals surface area contributed by atoms with E-state index in [1.807, 2.05) is 0 Å². The van der Waals surface area contributed by atoms with Gasteiger partial charge >= 0.3 is 0 Å². The molecule has 0 radical (unpaired) electrons. The molecule has 2 aliphatic rings. The fourth-order valence-corrected chi connectivity index (χ4v) is 5.54. The first-order valence-electron chi connectivity index (χ1n) is 9.62. The van der Waals surface area contributed by atoms with E-state index in [1.165, 1.54) is 30.4 Å². The van der Waals surface area contributed by atoms with Gasteiger partial charge in [-0.2, -0.15) is 0 Å². The molecule has 0 N–H and O–H groups in total. The molecule has 1 saturated heterocycles. The van der Waals surface area contributed by atoms with Crippen molar-refractivity contribution in [3.8, 4) is 0 Å². The highest BCUT2D eigenvalue weighted by atomic mass is 28.3. The van der Waals surface area contributed by atoms with Gasteiger partial charge in [0.25, 0.3) is 0 Å². The van der Waals surface area contributed by atoms with Crippen LogP contribution in [0.3, 0.4) is 0 Å². The minimum absolute atomic E-state index is 0.615. The minimum Gasteiger partial charge on any atom is -0.289 e. The number of hydrogen-bond acceptors (Lipinski definition) is 1. The number of benzene rings is 2. The lowest BCUT2D eigenvalue weighted by Crippen LogP contribution is -2.39. The monoisotopic (exact) mass is 347 g/mol. The Balaban J connectivity index is 1.58. The first kappa shape index (κ1) is 16.8. The summed E-state index contributed by atoms with van der Waals surface area (Å²) in [6, 6.07) is 21.7. The molecule has 0 spiro atoms. The molecule has 2 heteroatoms. The van der Waals surface area contributed by atoms with Gasteiger partial charge in [0.2, 0.25) is 0 Å². The number of fused-ring (bicyclic) bond motifs is 2. The summed E-state index contributed by atoms with van der Waals surface area (Å²) >= 11 is 0. The highest BCUT2D eigenvalue weighted by molar-refractivity contribution is 6.88. The van der Waals surface area contributed by atoms with Gasteiger partial charge < -0.3 is 0 Å². The first-order chi connectivity index (χ1) is 12.0.